The molecule has 0 radical (unpaired) electrons. The van der Waals surface area contributed by atoms with Crippen LogP contribution in [0.15, 0.2) is 12.4 Å². The maximum absolute atomic E-state index is 10.1. The predicted molar refractivity (Wildman–Crippen MR) is 31.1 cm³/mol. The zero-order valence-electron chi connectivity index (χ0n) is 6.37. The molecule has 0 unspecified atom stereocenters. The van der Waals surface area contributed by atoms with Crippen LogP contribution in [-0.2, 0) is 0 Å². The molecule has 0 saturated carbocycles. The number of carbonyl (C=O) groups excluding carboxylic acids is 1. The Morgan fingerprint density at radius 1 is 1.45 bits per heavy atom. The third-order valence-corrected chi connectivity index (χ3v) is 0.990. The average molecular weight is 176 g/mol. The maximum atomic E-state index is 10.1. The molecule has 0 N–H and O–H groups in total. The Kier molecular flexibility index (Phi) is 5.03. The molecule has 1 aromatic rings. The van der Waals surface area contributed by atoms with Gasteiger partial charge in [0.25, 0.3) is 0 Å². The molecule has 0 aromatic carbocycles. The number of carbonyl (C=O) groups is 1. The molecular weight excluding hydrogens is 171 g/mol. The van der Waals surface area contributed by atoms with E-state index in [9.17, 15) is 9.90 Å². The fourth-order valence-corrected chi connectivity index (χ4v) is 0.498. The van der Waals surface area contributed by atoms with E-state index in [1.165, 1.54) is 12.4 Å². The van der Waals surface area contributed by atoms with Crippen LogP contribution < -0.4 is 56.5 Å². The summed E-state index contributed by atoms with van der Waals surface area (Å²) < 4.78 is 0. The Hall–Kier alpha value is 0.186. The van der Waals surface area contributed by atoms with Crippen molar-refractivity contribution in [2.24, 2.45) is 0 Å². The fraction of sp³-hybridized carbons (Fsp3) is 0.167. The molecule has 1 rings (SSSR count). The molecule has 0 bridgehead atoms. The van der Waals surface area contributed by atoms with Gasteiger partial charge in [-0.1, -0.05) is 0 Å². The first-order valence-electron chi connectivity index (χ1n) is 2.70. The molecule has 11 heavy (non-hydrogen) atoms. The van der Waals surface area contributed by atoms with Crippen LogP contribution >= 0.6 is 0 Å². The van der Waals surface area contributed by atoms with E-state index in [1.807, 2.05) is 0 Å². The Labute approximate surface area is 106 Å². The Balaban J connectivity index is 0.000001000. The van der Waals surface area contributed by atoms with E-state index >= 15 is 0 Å². The summed E-state index contributed by atoms with van der Waals surface area (Å²) in [5.74, 6) is -1.30. The average Bonchev–Trinajstić information content (AvgIpc) is 1.88. The minimum atomic E-state index is -1.30. The molecule has 0 fully saturated rings. The Bertz CT molecular complexity index is 247. The number of aromatic carboxylic acids is 1. The largest absolute Gasteiger partial charge is 1.00 e. The summed E-state index contributed by atoms with van der Waals surface area (Å²) in [6, 6.07) is 0. The van der Waals surface area contributed by atoms with Crippen molar-refractivity contribution in [3.05, 3.63) is 23.8 Å². The van der Waals surface area contributed by atoms with Gasteiger partial charge >= 0.3 is 51.4 Å². The van der Waals surface area contributed by atoms with Crippen LogP contribution in [0.2, 0.25) is 0 Å². The summed E-state index contributed by atoms with van der Waals surface area (Å²) in [6.45, 7) is 1.73. The zero-order chi connectivity index (χ0) is 7.56. The quantitative estimate of drug-likeness (QED) is 0.411. The SMILES string of the molecule is Cc1cnc(C(=O)[O-])cn1.[K+]. The molecule has 1 aromatic heterocycles. The van der Waals surface area contributed by atoms with Gasteiger partial charge in [-0.25, -0.2) is 0 Å². The van der Waals surface area contributed by atoms with Crippen LogP contribution in [0.5, 0.6) is 0 Å². The van der Waals surface area contributed by atoms with Gasteiger partial charge in [-0.05, 0) is 6.92 Å². The molecule has 4 nitrogen and oxygen atoms in total. The van der Waals surface area contributed by atoms with Crippen molar-refractivity contribution in [1.29, 1.82) is 0 Å². The number of aryl methyl sites for hydroxylation is 1. The van der Waals surface area contributed by atoms with Gasteiger partial charge in [0.2, 0.25) is 0 Å². The molecule has 0 amide bonds. The Morgan fingerprint density at radius 2 is 2.09 bits per heavy atom. The van der Waals surface area contributed by atoms with E-state index in [0.717, 1.165) is 0 Å². The normalized spacial score (nSPS) is 8.45. The van der Waals surface area contributed by atoms with Crippen LogP contribution in [0.1, 0.15) is 16.2 Å². The van der Waals surface area contributed by atoms with Crippen molar-refractivity contribution >= 4 is 5.97 Å². The number of aromatic nitrogens is 2. The number of nitrogens with zero attached hydrogens (tertiary/aromatic N) is 2. The minimum absolute atomic E-state index is 0. The first-order valence-corrected chi connectivity index (χ1v) is 2.70. The topological polar surface area (TPSA) is 65.9 Å². The molecule has 0 aliphatic rings. The fourth-order valence-electron chi connectivity index (χ4n) is 0.498. The summed E-state index contributed by atoms with van der Waals surface area (Å²) in [4.78, 5) is 17.4. The van der Waals surface area contributed by atoms with Gasteiger partial charge in [0.05, 0.1) is 17.9 Å². The van der Waals surface area contributed by atoms with Gasteiger partial charge in [0, 0.05) is 6.20 Å². The second kappa shape index (κ2) is 4.94. The van der Waals surface area contributed by atoms with E-state index in [1.54, 1.807) is 6.92 Å². The molecule has 0 aliphatic heterocycles. The van der Waals surface area contributed by atoms with E-state index in [4.69, 9.17) is 0 Å². The standard InChI is InChI=1S/C6H6N2O2.K/c1-4-2-8-5(3-7-4)6(9)10;/h2-3H,1H3,(H,9,10);/q;+1/p-1. The number of carboxylic acid groups (broad SMARTS) is 1. The third-order valence-electron chi connectivity index (χ3n) is 0.990. The van der Waals surface area contributed by atoms with Crippen LogP contribution in [-0.4, -0.2) is 15.9 Å². The van der Waals surface area contributed by atoms with E-state index in [2.05, 4.69) is 9.97 Å². The van der Waals surface area contributed by atoms with Crippen molar-refractivity contribution < 1.29 is 61.3 Å². The Morgan fingerprint density at radius 3 is 2.45 bits per heavy atom. The second-order valence-corrected chi connectivity index (χ2v) is 1.83. The van der Waals surface area contributed by atoms with Gasteiger partial charge in [-0.3, -0.25) is 9.97 Å². The van der Waals surface area contributed by atoms with Gasteiger partial charge in [0.1, 0.15) is 5.69 Å². The number of hydrogen-bond donors (Lipinski definition) is 0. The van der Waals surface area contributed by atoms with E-state index < -0.39 is 5.97 Å². The summed E-state index contributed by atoms with van der Waals surface area (Å²) in [5.41, 5.74) is 0.551. The van der Waals surface area contributed by atoms with Crippen molar-refractivity contribution in [2.45, 2.75) is 6.92 Å². The molecule has 5 heteroatoms. The smallest absolute Gasteiger partial charge is 0.543 e. The van der Waals surface area contributed by atoms with Crippen LogP contribution in [0.4, 0.5) is 0 Å². The molecule has 0 saturated heterocycles. The summed E-state index contributed by atoms with van der Waals surface area (Å²) in [5, 5.41) is 10.1. The molecule has 0 spiro atoms. The summed E-state index contributed by atoms with van der Waals surface area (Å²) >= 11 is 0. The van der Waals surface area contributed by atoms with Gasteiger partial charge in [-0.15, -0.1) is 0 Å². The van der Waals surface area contributed by atoms with Crippen molar-refractivity contribution in [3.8, 4) is 0 Å². The van der Waals surface area contributed by atoms with Crippen molar-refractivity contribution in [3.63, 3.8) is 0 Å². The van der Waals surface area contributed by atoms with Crippen LogP contribution in [0.3, 0.4) is 0 Å². The van der Waals surface area contributed by atoms with Gasteiger partial charge < -0.3 is 9.90 Å². The van der Waals surface area contributed by atoms with E-state index in [0.29, 0.717) is 5.69 Å². The van der Waals surface area contributed by atoms with Crippen molar-refractivity contribution in [1.82, 2.24) is 9.97 Å². The molecule has 52 valence electrons. The van der Waals surface area contributed by atoms with Gasteiger partial charge in [-0.2, -0.15) is 0 Å². The summed E-state index contributed by atoms with van der Waals surface area (Å²) in [6.07, 6.45) is 2.55. The minimum Gasteiger partial charge on any atom is -0.543 e. The number of hydrogen-bond acceptors (Lipinski definition) is 4. The van der Waals surface area contributed by atoms with Crippen molar-refractivity contribution in [2.75, 3.05) is 0 Å². The molecular formula is C6H5KN2O2. The first-order chi connectivity index (χ1) is 4.70. The third kappa shape index (κ3) is 3.39. The number of rotatable bonds is 1. The predicted octanol–water partition coefficient (Wildman–Crippen LogP) is -3.85. The molecule has 1 heterocycles. The molecule has 0 atom stereocenters. The first kappa shape index (κ1) is 11.2. The zero-order valence-corrected chi connectivity index (χ0v) is 9.49. The maximum Gasteiger partial charge on any atom is 1.00 e. The van der Waals surface area contributed by atoms with Gasteiger partial charge in [0.15, 0.2) is 0 Å². The molecule has 0 aliphatic carbocycles. The van der Waals surface area contributed by atoms with E-state index in [-0.39, 0.29) is 57.1 Å². The monoisotopic (exact) mass is 176 g/mol. The van der Waals surface area contributed by atoms with Crippen LogP contribution in [0, 0.1) is 6.92 Å². The second-order valence-electron chi connectivity index (χ2n) is 1.83. The van der Waals surface area contributed by atoms with Crippen LogP contribution in [0.25, 0.3) is 0 Å². The summed E-state index contributed by atoms with van der Waals surface area (Å²) in [7, 11) is 0. The number of carboxylic acids is 1.